The highest BCUT2D eigenvalue weighted by atomic mass is 15.0. The minimum atomic E-state index is 0.882. The number of hydrogen-bond donors (Lipinski definition) is 0. The molecule has 0 heterocycles. The summed E-state index contributed by atoms with van der Waals surface area (Å²) < 4.78 is 0. The van der Waals surface area contributed by atoms with Crippen molar-refractivity contribution < 1.29 is 0 Å². The second kappa shape index (κ2) is 5.33. The summed E-state index contributed by atoms with van der Waals surface area (Å²) in [5, 5.41) is 9.22. The van der Waals surface area contributed by atoms with Gasteiger partial charge in [0.05, 0.1) is 11.6 Å². The van der Waals surface area contributed by atoms with Crippen molar-refractivity contribution in [3.8, 4) is 6.07 Å². The molecule has 90 valence electrons. The van der Waals surface area contributed by atoms with Crippen LogP contribution in [-0.2, 0) is 19.3 Å². The second-order valence-corrected chi connectivity index (χ2v) is 5.10. The average Bonchev–Trinajstić information content (AvgIpc) is 2.35. The van der Waals surface area contributed by atoms with Gasteiger partial charge in [0.1, 0.15) is 0 Å². The first-order chi connectivity index (χ1) is 8.22. The Kier molecular flexibility index (Phi) is 3.81. The van der Waals surface area contributed by atoms with E-state index >= 15 is 0 Å². The summed E-state index contributed by atoms with van der Waals surface area (Å²) in [6.45, 7) is 1.02. The Morgan fingerprint density at radius 1 is 1.24 bits per heavy atom. The van der Waals surface area contributed by atoms with Gasteiger partial charge in [-0.15, -0.1) is 0 Å². The molecular formula is C15H20N2. The molecule has 0 spiro atoms. The van der Waals surface area contributed by atoms with Crippen molar-refractivity contribution in [2.45, 2.75) is 32.1 Å². The van der Waals surface area contributed by atoms with E-state index < -0.39 is 0 Å². The highest BCUT2D eigenvalue weighted by Crippen LogP contribution is 2.27. The SMILES string of the molecule is CN(C)CCc1c(C#N)ccc2c1CCCC2. The topological polar surface area (TPSA) is 27.0 Å². The lowest BCUT2D eigenvalue weighted by atomic mass is 9.85. The van der Waals surface area contributed by atoms with E-state index in [2.05, 4.69) is 31.1 Å². The van der Waals surface area contributed by atoms with E-state index in [-0.39, 0.29) is 0 Å². The van der Waals surface area contributed by atoms with E-state index in [0.29, 0.717) is 0 Å². The number of fused-ring (bicyclic) bond motifs is 1. The monoisotopic (exact) mass is 228 g/mol. The number of likely N-dealkylation sites (N-methyl/N-ethyl adjacent to an activating group) is 1. The zero-order valence-electron chi connectivity index (χ0n) is 10.8. The molecule has 2 rings (SSSR count). The van der Waals surface area contributed by atoms with E-state index in [4.69, 9.17) is 0 Å². The number of aryl methyl sites for hydroxylation is 1. The van der Waals surface area contributed by atoms with Crippen LogP contribution >= 0.6 is 0 Å². The van der Waals surface area contributed by atoms with Crippen LogP contribution in [0.1, 0.15) is 35.1 Å². The van der Waals surface area contributed by atoms with Gasteiger partial charge in [0.2, 0.25) is 0 Å². The maximum atomic E-state index is 9.22. The van der Waals surface area contributed by atoms with Crippen molar-refractivity contribution in [2.75, 3.05) is 20.6 Å². The molecule has 1 aliphatic carbocycles. The van der Waals surface area contributed by atoms with Crippen molar-refractivity contribution >= 4 is 0 Å². The second-order valence-electron chi connectivity index (χ2n) is 5.10. The van der Waals surface area contributed by atoms with Crippen molar-refractivity contribution in [1.29, 1.82) is 5.26 Å². The Morgan fingerprint density at radius 2 is 2.00 bits per heavy atom. The third kappa shape index (κ3) is 2.68. The van der Waals surface area contributed by atoms with Gasteiger partial charge in [-0.25, -0.2) is 0 Å². The molecule has 0 aromatic heterocycles. The van der Waals surface area contributed by atoms with Gasteiger partial charge >= 0.3 is 0 Å². The molecule has 0 amide bonds. The zero-order chi connectivity index (χ0) is 12.3. The fourth-order valence-corrected chi connectivity index (χ4v) is 2.63. The summed E-state index contributed by atoms with van der Waals surface area (Å²) in [5.74, 6) is 0. The molecule has 2 heteroatoms. The molecular weight excluding hydrogens is 208 g/mol. The first-order valence-corrected chi connectivity index (χ1v) is 6.41. The quantitative estimate of drug-likeness (QED) is 0.795. The van der Waals surface area contributed by atoms with Gasteiger partial charge in [0.15, 0.2) is 0 Å². The molecule has 1 aromatic rings. The van der Waals surface area contributed by atoms with E-state index in [1.165, 1.54) is 36.0 Å². The Hall–Kier alpha value is -1.33. The fourth-order valence-electron chi connectivity index (χ4n) is 2.63. The van der Waals surface area contributed by atoms with Crippen LogP contribution in [0, 0.1) is 11.3 Å². The van der Waals surface area contributed by atoms with Gasteiger partial charge in [-0.3, -0.25) is 0 Å². The third-order valence-electron chi connectivity index (χ3n) is 3.58. The Balaban J connectivity index is 2.35. The highest BCUT2D eigenvalue weighted by Gasteiger charge is 2.16. The first-order valence-electron chi connectivity index (χ1n) is 6.41. The zero-order valence-corrected chi connectivity index (χ0v) is 10.8. The predicted molar refractivity (Wildman–Crippen MR) is 70.1 cm³/mol. The average molecular weight is 228 g/mol. The first kappa shape index (κ1) is 12.1. The van der Waals surface area contributed by atoms with Crippen LogP contribution in [0.5, 0.6) is 0 Å². The minimum absolute atomic E-state index is 0.882. The largest absolute Gasteiger partial charge is 0.309 e. The molecule has 0 N–H and O–H groups in total. The normalized spacial score (nSPS) is 14.5. The molecule has 0 radical (unpaired) electrons. The summed E-state index contributed by atoms with van der Waals surface area (Å²) in [6, 6.07) is 6.52. The Morgan fingerprint density at radius 3 is 2.71 bits per heavy atom. The molecule has 0 unspecified atom stereocenters. The van der Waals surface area contributed by atoms with E-state index in [1.54, 1.807) is 0 Å². The molecule has 1 aromatic carbocycles. The van der Waals surface area contributed by atoms with Crippen LogP contribution in [0.3, 0.4) is 0 Å². The van der Waals surface area contributed by atoms with Crippen LogP contribution in [0.4, 0.5) is 0 Å². The third-order valence-corrected chi connectivity index (χ3v) is 3.58. The molecule has 2 nitrogen and oxygen atoms in total. The van der Waals surface area contributed by atoms with Gasteiger partial charge in [0.25, 0.3) is 0 Å². The number of rotatable bonds is 3. The molecule has 0 aliphatic heterocycles. The number of hydrogen-bond acceptors (Lipinski definition) is 2. The summed E-state index contributed by atoms with van der Waals surface area (Å²) in [6.07, 6.45) is 5.92. The molecule has 0 saturated carbocycles. The molecule has 1 aliphatic rings. The lowest BCUT2D eigenvalue weighted by molar-refractivity contribution is 0.412. The Bertz CT molecular complexity index is 441. The number of nitrogens with zero attached hydrogens (tertiary/aromatic N) is 2. The van der Waals surface area contributed by atoms with Crippen molar-refractivity contribution in [3.63, 3.8) is 0 Å². The molecule has 17 heavy (non-hydrogen) atoms. The lowest BCUT2D eigenvalue weighted by Gasteiger charge is -2.21. The standard InChI is InChI=1S/C15H20N2/c1-17(2)10-9-15-13(11-16)8-7-12-5-3-4-6-14(12)15/h7-8H,3-6,9-10H2,1-2H3. The summed E-state index contributed by atoms with van der Waals surface area (Å²) in [4.78, 5) is 2.18. The van der Waals surface area contributed by atoms with E-state index in [9.17, 15) is 5.26 Å². The predicted octanol–water partition coefficient (Wildman–Crippen LogP) is 2.54. The van der Waals surface area contributed by atoms with Gasteiger partial charge in [-0.2, -0.15) is 5.26 Å². The van der Waals surface area contributed by atoms with Crippen molar-refractivity contribution in [1.82, 2.24) is 4.90 Å². The lowest BCUT2D eigenvalue weighted by Crippen LogP contribution is -2.18. The molecule has 0 atom stereocenters. The van der Waals surface area contributed by atoms with Crippen LogP contribution in [0.25, 0.3) is 0 Å². The van der Waals surface area contributed by atoms with Gasteiger partial charge in [0, 0.05) is 6.54 Å². The summed E-state index contributed by atoms with van der Waals surface area (Å²) in [5.41, 5.74) is 5.13. The Labute approximate surface area is 104 Å². The van der Waals surface area contributed by atoms with Gasteiger partial charge in [-0.1, -0.05) is 6.07 Å². The fraction of sp³-hybridized carbons (Fsp3) is 0.533. The maximum Gasteiger partial charge on any atom is 0.0994 e. The molecule has 0 saturated heterocycles. The van der Waals surface area contributed by atoms with Crippen LogP contribution in [-0.4, -0.2) is 25.5 Å². The summed E-state index contributed by atoms with van der Waals surface area (Å²) in [7, 11) is 4.17. The molecule has 0 fully saturated rings. The molecule has 0 bridgehead atoms. The van der Waals surface area contributed by atoms with E-state index in [0.717, 1.165) is 24.9 Å². The highest BCUT2D eigenvalue weighted by molar-refractivity contribution is 5.48. The minimum Gasteiger partial charge on any atom is -0.309 e. The number of benzene rings is 1. The van der Waals surface area contributed by atoms with Crippen LogP contribution in [0.15, 0.2) is 12.1 Å². The van der Waals surface area contributed by atoms with Crippen molar-refractivity contribution in [2.24, 2.45) is 0 Å². The number of nitriles is 1. The van der Waals surface area contributed by atoms with Gasteiger partial charge in [-0.05, 0) is 69.0 Å². The van der Waals surface area contributed by atoms with Crippen molar-refractivity contribution in [3.05, 3.63) is 34.4 Å². The van der Waals surface area contributed by atoms with E-state index in [1.807, 2.05) is 6.07 Å². The van der Waals surface area contributed by atoms with Crippen LogP contribution < -0.4 is 0 Å². The maximum absolute atomic E-state index is 9.22. The van der Waals surface area contributed by atoms with Gasteiger partial charge < -0.3 is 4.90 Å². The smallest absolute Gasteiger partial charge is 0.0994 e. The van der Waals surface area contributed by atoms with Crippen LogP contribution in [0.2, 0.25) is 0 Å². The summed E-state index contributed by atoms with van der Waals surface area (Å²) >= 11 is 0.